The van der Waals surface area contributed by atoms with Crippen molar-refractivity contribution in [1.29, 1.82) is 0 Å². The molecule has 0 aliphatic rings. The standard InChI is InChI=1S/C8H10O.Li/c1-2-3-4-5-6-7-8-9;/h2,4-9H,1H3;/q;+1/p-1/b6-5+,8-7+;. The summed E-state index contributed by atoms with van der Waals surface area (Å²) in [7, 11) is 0. The zero-order valence-electron chi connectivity index (χ0n) is 6.37. The van der Waals surface area contributed by atoms with Crippen molar-refractivity contribution in [2.45, 2.75) is 6.92 Å². The molecule has 0 rings (SSSR count). The van der Waals surface area contributed by atoms with Gasteiger partial charge in [-0.15, -0.1) is 12.0 Å². The van der Waals surface area contributed by atoms with Crippen molar-refractivity contribution in [2.24, 2.45) is 0 Å². The average molecular weight is 128 g/mol. The fourth-order valence-electron chi connectivity index (χ4n) is 0.317. The monoisotopic (exact) mass is 128 g/mol. The van der Waals surface area contributed by atoms with Crippen LogP contribution in [0.1, 0.15) is 6.92 Å². The Kier molecular flexibility index (Phi) is 13.6. The summed E-state index contributed by atoms with van der Waals surface area (Å²) in [4.78, 5) is 0. The molecule has 0 aliphatic carbocycles. The van der Waals surface area contributed by atoms with Gasteiger partial charge in [-0.05, 0) is 19.1 Å². The molecule has 0 spiro atoms. The fraction of sp³-hybridized carbons (Fsp3) is 0.125. The molecule has 48 valence electrons. The molecule has 0 saturated heterocycles. The van der Waals surface area contributed by atoms with E-state index in [1.54, 1.807) is 24.3 Å². The van der Waals surface area contributed by atoms with Crippen LogP contribution in [0.2, 0.25) is 0 Å². The molecule has 2 heteroatoms. The molecule has 0 fully saturated rings. The largest absolute Gasteiger partial charge is 1.00 e. The Morgan fingerprint density at radius 1 is 1.20 bits per heavy atom. The summed E-state index contributed by atoms with van der Waals surface area (Å²) in [5, 5.41) is 9.69. The Morgan fingerprint density at radius 2 is 1.90 bits per heavy atom. The first-order chi connectivity index (χ1) is 4.41. The van der Waals surface area contributed by atoms with Gasteiger partial charge in [-0.1, -0.05) is 18.2 Å². The van der Waals surface area contributed by atoms with Gasteiger partial charge >= 0.3 is 18.9 Å². The minimum Gasteiger partial charge on any atom is -0.878 e. The molecule has 1 nitrogen and oxygen atoms in total. The molecule has 0 radical (unpaired) electrons. The van der Waals surface area contributed by atoms with Crippen molar-refractivity contribution < 1.29 is 24.0 Å². The van der Waals surface area contributed by atoms with Crippen molar-refractivity contribution in [3.05, 3.63) is 42.4 Å². The number of rotatable bonds is 2. The van der Waals surface area contributed by atoms with Crippen LogP contribution >= 0.6 is 0 Å². The summed E-state index contributed by atoms with van der Waals surface area (Å²) >= 11 is 0. The Balaban J connectivity index is 0. The first-order valence-electron chi connectivity index (χ1n) is 2.72. The van der Waals surface area contributed by atoms with Crippen molar-refractivity contribution in [2.75, 3.05) is 0 Å². The van der Waals surface area contributed by atoms with Gasteiger partial charge in [0.25, 0.3) is 0 Å². The molecule has 0 aromatic rings. The van der Waals surface area contributed by atoms with Gasteiger partial charge in [0, 0.05) is 0 Å². The van der Waals surface area contributed by atoms with E-state index in [9.17, 15) is 5.11 Å². The van der Waals surface area contributed by atoms with Gasteiger partial charge in [0.05, 0.1) is 0 Å². The fourth-order valence-corrected chi connectivity index (χ4v) is 0.317. The molecule has 0 heterocycles. The molecule has 0 bridgehead atoms. The number of hydrogen-bond acceptors (Lipinski definition) is 1. The van der Waals surface area contributed by atoms with Gasteiger partial charge in [-0.2, -0.15) is 0 Å². The maximum Gasteiger partial charge on any atom is 1.00 e. The summed E-state index contributed by atoms with van der Waals surface area (Å²) in [6.45, 7) is 1.88. The van der Waals surface area contributed by atoms with Crippen LogP contribution in [0.5, 0.6) is 0 Å². The van der Waals surface area contributed by atoms with Crippen LogP contribution in [-0.2, 0) is 0 Å². The molecule has 0 aliphatic heterocycles. The predicted molar refractivity (Wildman–Crippen MR) is 36.6 cm³/mol. The zero-order valence-corrected chi connectivity index (χ0v) is 6.37. The van der Waals surface area contributed by atoms with Crippen LogP contribution in [0, 0.1) is 0 Å². The number of hydrogen-bond donors (Lipinski definition) is 0. The van der Waals surface area contributed by atoms with Gasteiger partial charge in [0.1, 0.15) is 0 Å². The summed E-state index contributed by atoms with van der Waals surface area (Å²) < 4.78 is 0. The van der Waals surface area contributed by atoms with E-state index in [-0.39, 0.29) is 18.9 Å². The maximum atomic E-state index is 9.69. The number of allylic oxidation sites excluding steroid dienone is 4. The molecule has 0 N–H and O–H groups in total. The third kappa shape index (κ3) is 10.4. The zero-order chi connectivity index (χ0) is 6.95. The normalized spacial score (nSPS) is 8.90. The Morgan fingerprint density at radius 3 is 2.40 bits per heavy atom. The molecule has 0 aromatic carbocycles. The summed E-state index contributed by atoms with van der Waals surface area (Å²) in [5.74, 6) is 0. The van der Waals surface area contributed by atoms with Crippen LogP contribution < -0.4 is 24.0 Å². The van der Waals surface area contributed by atoms with Gasteiger partial charge in [0.2, 0.25) is 0 Å². The summed E-state index contributed by atoms with van der Waals surface area (Å²) in [5.41, 5.74) is 2.83. The molecule has 0 atom stereocenters. The van der Waals surface area contributed by atoms with E-state index in [1.165, 1.54) is 6.08 Å². The Labute approximate surface area is 73.6 Å². The SMILES string of the molecule is CC=C=C/C=C/C=C/[O-].[Li+]. The van der Waals surface area contributed by atoms with E-state index in [0.29, 0.717) is 0 Å². The predicted octanol–water partition coefficient (Wildman–Crippen LogP) is -1.85. The molecule has 10 heavy (non-hydrogen) atoms. The molecular weight excluding hydrogens is 119 g/mol. The second-order valence-corrected chi connectivity index (χ2v) is 1.34. The second kappa shape index (κ2) is 11.2. The van der Waals surface area contributed by atoms with E-state index in [4.69, 9.17) is 0 Å². The van der Waals surface area contributed by atoms with Gasteiger partial charge in [-0.3, -0.25) is 0 Å². The minimum atomic E-state index is 0. The Bertz CT molecular complexity index is 162. The van der Waals surface area contributed by atoms with Crippen LogP contribution in [0.3, 0.4) is 0 Å². The third-order valence-electron chi connectivity index (χ3n) is 0.660. The molecule has 0 amide bonds. The van der Waals surface area contributed by atoms with Gasteiger partial charge in [0.15, 0.2) is 0 Å². The van der Waals surface area contributed by atoms with Crippen LogP contribution in [0.4, 0.5) is 0 Å². The molecule has 0 unspecified atom stereocenters. The van der Waals surface area contributed by atoms with E-state index in [0.717, 1.165) is 6.26 Å². The van der Waals surface area contributed by atoms with Crippen molar-refractivity contribution >= 4 is 0 Å². The van der Waals surface area contributed by atoms with Crippen LogP contribution in [0.15, 0.2) is 42.4 Å². The van der Waals surface area contributed by atoms with Crippen molar-refractivity contribution in [3.8, 4) is 0 Å². The van der Waals surface area contributed by atoms with Crippen LogP contribution in [-0.4, -0.2) is 0 Å². The van der Waals surface area contributed by atoms with Crippen molar-refractivity contribution in [1.82, 2.24) is 0 Å². The van der Waals surface area contributed by atoms with Crippen molar-refractivity contribution in [3.63, 3.8) is 0 Å². The van der Waals surface area contributed by atoms with Crippen LogP contribution in [0.25, 0.3) is 0 Å². The molecule has 0 aromatic heterocycles. The van der Waals surface area contributed by atoms with E-state index in [2.05, 4.69) is 5.73 Å². The Hall–Kier alpha value is -0.603. The van der Waals surface area contributed by atoms with Gasteiger partial charge < -0.3 is 5.11 Å². The summed E-state index contributed by atoms with van der Waals surface area (Å²) in [6.07, 6.45) is 9.09. The topological polar surface area (TPSA) is 23.1 Å². The van der Waals surface area contributed by atoms with E-state index in [1.807, 2.05) is 6.92 Å². The second-order valence-electron chi connectivity index (χ2n) is 1.34. The first kappa shape index (κ1) is 12.1. The average Bonchev–Trinajstić information content (AvgIpc) is 1.89. The van der Waals surface area contributed by atoms with Gasteiger partial charge in [-0.25, -0.2) is 0 Å². The van der Waals surface area contributed by atoms with E-state index >= 15 is 0 Å². The minimum absolute atomic E-state index is 0. The maximum absolute atomic E-state index is 9.69. The van der Waals surface area contributed by atoms with E-state index < -0.39 is 0 Å². The molecule has 0 saturated carbocycles. The smallest absolute Gasteiger partial charge is 0.878 e. The first-order valence-corrected chi connectivity index (χ1v) is 2.72. The molecular formula is C8H9LiO. The third-order valence-corrected chi connectivity index (χ3v) is 0.660. The summed E-state index contributed by atoms with van der Waals surface area (Å²) in [6, 6.07) is 0. The quantitative estimate of drug-likeness (QED) is 0.185.